The van der Waals surface area contributed by atoms with Crippen molar-refractivity contribution in [3.8, 4) is 5.75 Å². The van der Waals surface area contributed by atoms with Crippen molar-refractivity contribution >= 4 is 11.8 Å². The number of ether oxygens (including phenoxy) is 1. The third-order valence-electron chi connectivity index (χ3n) is 5.50. The molecule has 0 radical (unpaired) electrons. The van der Waals surface area contributed by atoms with Crippen molar-refractivity contribution in [3.63, 3.8) is 0 Å². The number of carbonyl (C=O) groups is 2. The van der Waals surface area contributed by atoms with Gasteiger partial charge in [-0.3, -0.25) is 9.59 Å². The topological polar surface area (TPSA) is 58.6 Å². The van der Waals surface area contributed by atoms with Crippen LogP contribution in [-0.4, -0.2) is 36.9 Å². The average molecular weight is 431 g/mol. The third-order valence-corrected chi connectivity index (χ3v) is 5.50. The van der Waals surface area contributed by atoms with Gasteiger partial charge in [-0.2, -0.15) is 0 Å². The van der Waals surface area contributed by atoms with Gasteiger partial charge in [0.05, 0.1) is 7.11 Å². The molecule has 0 spiro atoms. The van der Waals surface area contributed by atoms with E-state index in [4.69, 9.17) is 4.74 Å². The van der Waals surface area contributed by atoms with Crippen molar-refractivity contribution in [2.75, 3.05) is 14.2 Å². The van der Waals surface area contributed by atoms with Crippen LogP contribution in [0.15, 0.2) is 84.9 Å². The summed E-state index contributed by atoms with van der Waals surface area (Å²) in [5.41, 5.74) is 3.06. The van der Waals surface area contributed by atoms with E-state index >= 15 is 0 Å². The number of methoxy groups -OCH3 is 1. The number of hydrogen-bond donors (Lipinski definition) is 1. The van der Waals surface area contributed by atoms with E-state index in [1.807, 2.05) is 84.9 Å². The lowest BCUT2D eigenvalue weighted by Crippen LogP contribution is -2.49. The van der Waals surface area contributed by atoms with Gasteiger partial charge in [0.2, 0.25) is 11.8 Å². The number of amides is 2. The van der Waals surface area contributed by atoms with Gasteiger partial charge >= 0.3 is 0 Å². The lowest BCUT2D eigenvalue weighted by Gasteiger charge is -2.31. The number of carbonyl (C=O) groups excluding carboxylic acids is 2. The molecule has 166 valence electrons. The number of nitrogens with one attached hydrogen (secondary N) is 1. The molecule has 0 aliphatic heterocycles. The molecule has 2 amide bonds. The summed E-state index contributed by atoms with van der Waals surface area (Å²) in [4.78, 5) is 28.0. The molecule has 0 heterocycles. The fourth-order valence-electron chi connectivity index (χ4n) is 3.69. The number of hydrogen-bond acceptors (Lipinski definition) is 3. The number of likely N-dealkylation sites (N-methyl/N-ethyl adjacent to an activating group) is 1. The Kier molecular flexibility index (Phi) is 8.44. The smallest absolute Gasteiger partial charge is 0.242 e. The summed E-state index contributed by atoms with van der Waals surface area (Å²) < 4.78 is 5.25. The van der Waals surface area contributed by atoms with Gasteiger partial charge in [-0.25, -0.2) is 0 Å². The second-order valence-corrected chi connectivity index (χ2v) is 7.68. The number of aryl methyl sites for hydroxylation is 1. The summed E-state index contributed by atoms with van der Waals surface area (Å²) in [6, 6.07) is 26.7. The highest BCUT2D eigenvalue weighted by atomic mass is 16.5. The van der Waals surface area contributed by atoms with E-state index in [2.05, 4.69) is 5.32 Å². The molecular weight excluding hydrogens is 400 g/mol. The minimum Gasteiger partial charge on any atom is -0.497 e. The minimum atomic E-state index is -0.604. The van der Waals surface area contributed by atoms with Gasteiger partial charge in [-0.05, 0) is 35.2 Å². The molecular formula is C27H30N2O3. The molecule has 3 rings (SSSR count). The maximum atomic E-state index is 13.4. The van der Waals surface area contributed by atoms with Crippen molar-refractivity contribution in [1.29, 1.82) is 0 Å². The van der Waals surface area contributed by atoms with Crippen molar-refractivity contribution in [2.45, 2.75) is 31.8 Å². The molecule has 5 nitrogen and oxygen atoms in total. The molecule has 0 bridgehead atoms. The Bertz CT molecular complexity index is 988. The van der Waals surface area contributed by atoms with Gasteiger partial charge in [-0.1, -0.05) is 72.8 Å². The summed E-state index contributed by atoms with van der Waals surface area (Å²) in [6.45, 7) is 0.350. The summed E-state index contributed by atoms with van der Waals surface area (Å²) in [5.74, 6) is 0.535. The summed E-state index contributed by atoms with van der Waals surface area (Å²) >= 11 is 0. The molecule has 0 saturated heterocycles. The van der Waals surface area contributed by atoms with E-state index in [0.717, 1.165) is 22.4 Å². The largest absolute Gasteiger partial charge is 0.497 e. The van der Waals surface area contributed by atoms with Crippen LogP contribution in [0.2, 0.25) is 0 Å². The van der Waals surface area contributed by atoms with Crippen LogP contribution in [0.25, 0.3) is 0 Å². The second-order valence-electron chi connectivity index (χ2n) is 7.68. The first-order chi connectivity index (χ1) is 15.6. The Morgan fingerprint density at radius 1 is 0.844 bits per heavy atom. The fraction of sp³-hybridized carbons (Fsp3) is 0.259. The molecule has 0 unspecified atom stereocenters. The Hall–Kier alpha value is -3.60. The molecule has 0 saturated carbocycles. The lowest BCUT2D eigenvalue weighted by molar-refractivity contribution is -0.141. The summed E-state index contributed by atoms with van der Waals surface area (Å²) in [7, 11) is 3.23. The standard InChI is InChI=1S/C27H30N2O3/c1-28-27(31)25(19-22-11-7-4-8-12-22)29(20-23-13-16-24(32-2)17-14-23)26(30)18-15-21-9-5-3-6-10-21/h3-14,16-17,25H,15,18-20H2,1-2H3,(H,28,31)/t25-/m1/s1. The molecule has 0 fully saturated rings. The molecule has 3 aromatic rings. The van der Waals surface area contributed by atoms with Crippen LogP contribution >= 0.6 is 0 Å². The van der Waals surface area contributed by atoms with Gasteiger partial charge in [0.25, 0.3) is 0 Å². The molecule has 1 N–H and O–H groups in total. The molecule has 32 heavy (non-hydrogen) atoms. The summed E-state index contributed by atoms with van der Waals surface area (Å²) in [5, 5.41) is 2.75. The van der Waals surface area contributed by atoms with Gasteiger partial charge in [-0.15, -0.1) is 0 Å². The van der Waals surface area contributed by atoms with E-state index in [1.165, 1.54) is 0 Å². The number of nitrogens with zero attached hydrogens (tertiary/aromatic N) is 1. The van der Waals surface area contributed by atoms with E-state index in [9.17, 15) is 9.59 Å². The third kappa shape index (κ3) is 6.45. The highest BCUT2D eigenvalue weighted by Gasteiger charge is 2.29. The predicted molar refractivity (Wildman–Crippen MR) is 126 cm³/mol. The van der Waals surface area contributed by atoms with Crippen molar-refractivity contribution in [3.05, 3.63) is 102 Å². The Morgan fingerprint density at radius 3 is 2.00 bits per heavy atom. The van der Waals surface area contributed by atoms with Gasteiger partial charge in [0.15, 0.2) is 0 Å². The Labute approximate surface area is 190 Å². The first-order valence-corrected chi connectivity index (χ1v) is 10.8. The van der Waals surface area contributed by atoms with E-state index in [1.54, 1.807) is 19.1 Å². The van der Waals surface area contributed by atoms with E-state index in [0.29, 0.717) is 25.8 Å². The zero-order chi connectivity index (χ0) is 22.8. The van der Waals surface area contributed by atoms with Crippen LogP contribution in [0.5, 0.6) is 5.75 Å². The highest BCUT2D eigenvalue weighted by Crippen LogP contribution is 2.19. The SMILES string of the molecule is CNC(=O)[C@@H](Cc1ccccc1)N(Cc1ccc(OC)cc1)C(=O)CCc1ccccc1. The highest BCUT2D eigenvalue weighted by molar-refractivity contribution is 5.88. The molecule has 1 atom stereocenters. The molecule has 0 aliphatic rings. The Balaban J connectivity index is 1.86. The van der Waals surface area contributed by atoms with Crippen LogP contribution in [0.4, 0.5) is 0 Å². The second kappa shape index (κ2) is 11.7. The number of benzene rings is 3. The first-order valence-electron chi connectivity index (χ1n) is 10.8. The molecule has 0 aliphatic carbocycles. The van der Waals surface area contributed by atoms with Crippen LogP contribution in [0, 0.1) is 0 Å². The van der Waals surface area contributed by atoms with Crippen LogP contribution in [-0.2, 0) is 29.0 Å². The van der Waals surface area contributed by atoms with Crippen LogP contribution < -0.4 is 10.1 Å². The number of rotatable bonds is 10. The maximum Gasteiger partial charge on any atom is 0.242 e. The normalized spacial score (nSPS) is 11.4. The average Bonchev–Trinajstić information content (AvgIpc) is 2.85. The summed E-state index contributed by atoms with van der Waals surface area (Å²) in [6.07, 6.45) is 1.42. The Morgan fingerprint density at radius 2 is 1.44 bits per heavy atom. The fourth-order valence-corrected chi connectivity index (χ4v) is 3.69. The van der Waals surface area contributed by atoms with Crippen molar-refractivity contribution in [1.82, 2.24) is 10.2 Å². The molecule has 5 heteroatoms. The zero-order valence-corrected chi connectivity index (χ0v) is 18.7. The van der Waals surface area contributed by atoms with E-state index in [-0.39, 0.29) is 11.8 Å². The molecule has 0 aromatic heterocycles. The quantitative estimate of drug-likeness (QED) is 0.529. The van der Waals surface area contributed by atoms with Gasteiger partial charge in [0, 0.05) is 26.4 Å². The minimum absolute atomic E-state index is 0.0470. The van der Waals surface area contributed by atoms with Crippen molar-refractivity contribution in [2.24, 2.45) is 0 Å². The van der Waals surface area contributed by atoms with E-state index < -0.39 is 6.04 Å². The maximum absolute atomic E-state index is 13.4. The zero-order valence-electron chi connectivity index (χ0n) is 18.7. The monoisotopic (exact) mass is 430 g/mol. The van der Waals surface area contributed by atoms with Gasteiger partial charge in [0.1, 0.15) is 11.8 Å². The van der Waals surface area contributed by atoms with Crippen molar-refractivity contribution < 1.29 is 14.3 Å². The first kappa shape index (κ1) is 23.1. The lowest BCUT2D eigenvalue weighted by atomic mass is 10.0. The van der Waals surface area contributed by atoms with Crippen LogP contribution in [0.1, 0.15) is 23.1 Å². The predicted octanol–water partition coefficient (Wildman–Crippen LogP) is 4.01. The van der Waals surface area contributed by atoms with Gasteiger partial charge < -0.3 is 15.0 Å². The molecule has 3 aromatic carbocycles. The van der Waals surface area contributed by atoms with Crippen LogP contribution in [0.3, 0.4) is 0 Å².